The lowest BCUT2D eigenvalue weighted by atomic mass is 10.0. The second-order valence-electron chi connectivity index (χ2n) is 5.85. The van der Waals surface area contributed by atoms with Gasteiger partial charge in [-0.15, -0.1) is 0 Å². The quantitative estimate of drug-likeness (QED) is 0.917. The zero-order valence-electron chi connectivity index (χ0n) is 13.2. The molecule has 3 heterocycles. The Kier molecular flexibility index (Phi) is 4.18. The van der Waals surface area contributed by atoms with Gasteiger partial charge in [0.1, 0.15) is 12.1 Å². The highest BCUT2D eigenvalue weighted by Crippen LogP contribution is 2.34. The molecule has 1 saturated heterocycles. The summed E-state index contributed by atoms with van der Waals surface area (Å²) in [4.78, 5) is 19.5. The maximum absolute atomic E-state index is 5.85. The number of nitrogens with zero attached hydrogens (tertiary/aromatic N) is 5. The Balaban J connectivity index is 2.03. The Morgan fingerprint density at radius 1 is 1.18 bits per heavy atom. The van der Waals surface area contributed by atoms with E-state index >= 15 is 0 Å². The summed E-state index contributed by atoms with van der Waals surface area (Å²) in [5.41, 5.74) is 8.95. The van der Waals surface area contributed by atoms with Crippen molar-refractivity contribution in [3.8, 4) is 0 Å². The first-order valence-corrected chi connectivity index (χ1v) is 7.79. The predicted octanol–water partition coefficient (Wildman–Crippen LogP) is 2.59. The van der Waals surface area contributed by atoms with Gasteiger partial charge in [0.25, 0.3) is 0 Å². The third-order valence-electron chi connectivity index (χ3n) is 4.21. The van der Waals surface area contributed by atoms with Gasteiger partial charge in [0.05, 0.1) is 6.04 Å². The van der Waals surface area contributed by atoms with Crippen LogP contribution >= 0.6 is 0 Å². The lowest BCUT2D eigenvalue weighted by molar-refractivity contribution is 0.588. The second-order valence-corrected chi connectivity index (χ2v) is 5.85. The average Bonchev–Trinajstić information content (AvgIpc) is 2.72. The van der Waals surface area contributed by atoms with E-state index < -0.39 is 0 Å². The first-order chi connectivity index (χ1) is 10.6. The molecule has 2 aromatic heterocycles. The van der Waals surface area contributed by atoms with Crippen LogP contribution in [0.15, 0.2) is 18.6 Å². The van der Waals surface area contributed by atoms with Crippen molar-refractivity contribution in [3.63, 3.8) is 0 Å². The Morgan fingerprint density at radius 3 is 2.82 bits per heavy atom. The maximum atomic E-state index is 5.85. The molecule has 116 valence electrons. The van der Waals surface area contributed by atoms with Gasteiger partial charge < -0.3 is 10.6 Å². The third-order valence-corrected chi connectivity index (χ3v) is 4.21. The second kappa shape index (κ2) is 6.25. The zero-order valence-corrected chi connectivity index (χ0v) is 13.2. The number of aromatic nitrogens is 4. The van der Waals surface area contributed by atoms with Crippen LogP contribution in [-0.2, 0) is 0 Å². The number of aryl methyl sites for hydroxylation is 2. The third kappa shape index (κ3) is 3.00. The van der Waals surface area contributed by atoms with Gasteiger partial charge in [-0.1, -0.05) is 12.8 Å². The van der Waals surface area contributed by atoms with Crippen LogP contribution in [0.25, 0.3) is 0 Å². The smallest absolute Gasteiger partial charge is 0.222 e. The van der Waals surface area contributed by atoms with Gasteiger partial charge in [0, 0.05) is 35.8 Å². The average molecular weight is 298 g/mol. The molecule has 0 saturated carbocycles. The van der Waals surface area contributed by atoms with Crippen molar-refractivity contribution in [2.24, 2.45) is 0 Å². The molecule has 1 fully saturated rings. The van der Waals surface area contributed by atoms with Gasteiger partial charge >= 0.3 is 0 Å². The van der Waals surface area contributed by atoms with Gasteiger partial charge in [0.2, 0.25) is 5.95 Å². The number of hydrogen-bond donors (Lipinski definition) is 1. The summed E-state index contributed by atoms with van der Waals surface area (Å²) < 4.78 is 0. The fraction of sp³-hybridized carbons (Fsp3) is 0.500. The van der Waals surface area contributed by atoms with E-state index in [4.69, 9.17) is 5.73 Å². The van der Waals surface area contributed by atoms with Crippen molar-refractivity contribution >= 4 is 11.8 Å². The Morgan fingerprint density at radius 2 is 2.05 bits per heavy atom. The molecule has 2 aromatic rings. The van der Waals surface area contributed by atoms with E-state index in [-0.39, 0.29) is 6.04 Å². The molecule has 1 aliphatic rings. The lowest BCUT2D eigenvalue weighted by Gasteiger charge is -2.32. The maximum Gasteiger partial charge on any atom is 0.222 e. The topological polar surface area (TPSA) is 80.8 Å². The number of nitrogens with two attached hydrogens (primary N) is 1. The molecule has 6 nitrogen and oxygen atoms in total. The van der Waals surface area contributed by atoms with E-state index in [9.17, 15) is 0 Å². The molecule has 22 heavy (non-hydrogen) atoms. The van der Waals surface area contributed by atoms with Crippen LogP contribution in [0.1, 0.15) is 48.7 Å². The van der Waals surface area contributed by atoms with Crippen molar-refractivity contribution in [2.45, 2.75) is 45.6 Å². The highest BCUT2D eigenvalue weighted by molar-refractivity contribution is 5.46. The molecule has 0 unspecified atom stereocenters. The summed E-state index contributed by atoms with van der Waals surface area (Å²) in [5, 5.41) is 0. The highest BCUT2D eigenvalue weighted by atomic mass is 15.2. The number of rotatable bonds is 2. The Hall–Kier alpha value is -2.24. The number of anilines is 2. The molecule has 0 amide bonds. The van der Waals surface area contributed by atoms with E-state index in [1.165, 1.54) is 18.4 Å². The van der Waals surface area contributed by atoms with Crippen LogP contribution in [0.2, 0.25) is 0 Å². The minimum absolute atomic E-state index is 0.248. The van der Waals surface area contributed by atoms with Crippen LogP contribution in [0.5, 0.6) is 0 Å². The SMILES string of the molecule is Cc1cc(N2CCCCC[C@@H]2c2cncnc2C)nc(N)n1. The van der Waals surface area contributed by atoms with Crippen LogP contribution in [0.3, 0.4) is 0 Å². The van der Waals surface area contributed by atoms with Crippen molar-refractivity contribution < 1.29 is 0 Å². The molecule has 0 spiro atoms. The van der Waals surface area contributed by atoms with Crippen LogP contribution in [-0.4, -0.2) is 26.5 Å². The van der Waals surface area contributed by atoms with E-state index in [0.29, 0.717) is 5.95 Å². The summed E-state index contributed by atoms with van der Waals surface area (Å²) in [6.07, 6.45) is 8.22. The fourth-order valence-electron chi connectivity index (χ4n) is 3.16. The molecular formula is C16H22N6. The summed E-state index contributed by atoms with van der Waals surface area (Å²) in [5.74, 6) is 1.24. The van der Waals surface area contributed by atoms with E-state index in [0.717, 1.165) is 36.6 Å². The van der Waals surface area contributed by atoms with Gasteiger partial charge in [-0.2, -0.15) is 4.98 Å². The minimum Gasteiger partial charge on any atom is -0.368 e. The zero-order chi connectivity index (χ0) is 15.5. The largest absolute Gasteiger partial charge is 0.368 e. The standard InChI is InChI=1S/C16H22N6/c1-11-8-15(21-16(17)20-11)22-7-5-3-4-6-14(22)13-9-18-10-19-12(13)2/h8-10,14H,3-7H2,1-2H3,(H2,17,20,21)/t14-/m1/s1. The monoisotopic (exact) mass is 298 g/mol. The molecule has 2 N–H and O–H groups in total. The fourth-order valence-corrected chi connectivity index (χ4v) is 3.16. The number of hydrogen-bond acceptors (Lipinski definition) is 6. The summed E-state index contributed by atoms with van der Waals surface area (Å²) in [6, 6.07) is 2.26. The molecule has 0 aliphatic carbocycles. The van der Waals surface area contributed by atoms with E-state index in [1.54, 1.807) is 6.33 Å². The normalized spacial score (nSPS) is 19.0. The molecule has 0 aromatic carbocycles. The first kappa shape index (κ1) is 14.7. The van der Waals surface area contributed by atoms with Gasteiger partial charge in [-0.05, 0) is 26.7 Å². The molecule has 0 bridgehead atoms. The Labute approximate surface area is 130 Å². The van der Waals surface area contributed by atoms with E-state index in [2.05, 4.69) is 24.8 Å². The first-order valence-electron chi connectivity index (χ1n) is 7.79. The molecular weight excluding hydrogens is 276 g/mol. The van der Waals surface area contributed by atoms with Crippen molar-refractivity contribution in [1.29, 1.82) is 0 Å². The minimum atomic E-state index is 0.248. The Bertz CT molecular complexity index is 637. The highest BCUT2D eigenvalue weighted by Gasteiger charge is 2.26. The lowest BCUT2D eigenvalue weighted by Crippen LogP contribution is -2.30. The van der Waals surface area contributed by atoms with Crippen molar-refractivity contribution in [3.05, 3.63) is 35.5 Å². The van der Waals surface area contributed by atoms with Crippen molar-refractivity contribution in [2.75, 3.05) is 17.2 Å². The van der Waals surface area contributed by atoms with Crippen LogP contribution < -0.4 is 10.6 Å². The summed E-state index contributed by atoms with van der Waals surface area (Å²) >= 11 is 0. The molecule has 3 rings (SSSR count). The molecule has 0 radical (unpaired) electrons. The van der Waals surface area contributed by atoms with Crippen LogP contribution in [0, 0.1) is 13.8 Å². The summed E-state index contributed by atoms with van der Waals surface area (Å²) in [6.45, 7) is 4.96. The van der Waals surface area contributed by atoms with Gasteiger partial charge in [0.15, 0.2) is 0 Å². The molecule has 1 atom stereocenters. The van der Waals surface area contributed by atoms with Gasteiger partial charge in [-0.25, -0.2) is 15.0 Å². The van der Waals surface area contributed by atoms with Crippen LogP contribution in [0.4, 0.5) is 11.8 Å². The number of nitrogen functional groups attached to an aromatic ring is 1. The van der Waals surface area contributed by atoms with Gasteiger partial charge in [-0.3, -0.25) is 0 Å². The predicted molar refractivity (Wildman–Crippen MR) is 86.5 cm³/mol. The molecule has 1 aliphatic heterocycles. The van der Waals surface area contributed by atoms with E-state index in [1.807, 2.05) is 26.1 Å². The van der Waals surface area contributed by atoms with Crippen molar-refractivity contribution in [1.82, 2.24) is 19.9 Å². The summed E-state index contributed by atoms with van der Waals surface area (Å²) in [7, 11) is 0. The molecule has 6 heteroatoms.